The highest BCUT2D eigenvalue weighted by atomic mass is 79.9. The maximum absolute atomic E-state index is 12.6. The molecule has 1 aliphatic heterocycles. The lowest BCUT2D eigenvalue weighted by Crippen LogP contribution is -2.32. The van der Waals surface area contributed by atoms with Gasteiger partial charge in [-0.25, -0.2) is 9.78 Å². The number of alkyl halides is 3. The van der Waals surface area contributed by atoms with Crippen LogP contribution < -0.4 is 0 Å². The molecular formula is C9H8BrF3N2O3. The number of nitrogens with zero attached hydrogens (tertiary/aromatic N) is 2. The highest BCUT2D eigenvalue weighted by Crippen LogP contribution is 2.33. The molecule has 18 heavy (non-hydrogen) atoms. The fourth-order valence-corrected chi connectivity index (χ4v) is 2.14. The molecule has 0 bridgehead atoms. The van der Waals surface area contributed by atoms with Crippen molar-refractivity contribution in [3.8, 4) is 0 Å². The van der Waals surface area contributed by atoms with Crippen molar-refractivity contribution in [1.29, 1.82) is 0 Å². The maximum atomic E-state index is 12.6. The van der Waals surface area contributed by atoms with E-state index in [0.29, 0.717) is 13.0 Å². The van der Waals surface area contributed by atoms with Gasteiger partial charge in [0.25, 0.3) is 0 Å². The first-order chi connectivity index (χ1) is 8.30. The molecule has 0 radical (unpaired) electrons. The van der Waals surface area contributed by atoms with Gasteiger partial charge in [0.2, 0.25) is 0 Å². The van der Waals surface area contributed by atoms with E-state index in [9.17, 15) is 18.0 Å². The number of rotatable bonds is 3. The molecule has 1 unspecified atom stereocenters. The quantitative estimate of drug-likeness (QED) is 0.923. The van der Waals surface area contributed by atoms with Crippen LogP contribution in [0.2, 0.25) is 0 Å². The molecule has 0 saturated carbocycles. The Kier molecular flexibility index (Phi) is 3.37. The van der Waals surface area contributed by atoms with Crippen LogP contribution in [0.1, 0.15) is 22.6 Å². The Balaban J connectivity index is 2.43. The van der Waals surface area contributed by atoms with Crippen molar-refractivity contribution in [3.63, 3.8) is 0 Å². The maximum Gasteiger partial charge on any atom is 0.435 e. The first-order valence-corrected chi connectivity index (χ1v) is 5.78. The molecule has 2 heterocycles. The SMILES string of the molecule is O=C(O)c1c(C(F)(F)F)nc(Br)n1CC1CCO1. The second kappa shape index (κ2) is 4.54. The first kappa shape index (κ1) is 13.3. The highest BCUT2D eigenvalue weighted by Gasteiger charge is 2.41. The zero-order chi connectivity index (χ0) is 13.5. The summed E-state index contributed by atoms with van der Waals surface area (Å²) in [4.78, 5) is 14.2. The molecule has 1 saturated heterocycles. The van der Waals surface area contributed by atoms with Crippen molar-refractivity contribution in [2.45, 2.75) is 25.2 Å². The summed E-state index contributed by atoms with van der Waals surface area (Å²) in [5.41, 5.74) is -2.27. The lowest BCUT2D eigenvalue weighted by Gasteiger charge is -2.27. The third kappa shape index (κ3) is 2.37. The summed E-state index contributed by atoms with van der Waals surface area (Å²) >= 11 is 2.84. The van der Waals surface area contributed by atoms with Crippen molar-refractivity contribution in [2.75, 3.05) is 6.61 Å². The Bertz CT molecular complexity index is 482. The molecule has 0 aromatic carbocycles. The molecule has 100 valence electrons. The summed E-state index contributed by atoms with van der Waals surface area (Å²) in [5, 5.41) is 8.90. The van der Waals surface area contributed by atoms with Gasteiger partial charge in [-0.3, -0.25) is 0 Å². The van der Waals surface area contributed by atoms with Crippen LogP contribution in [-0.4, -0.2) is 33.3 Å². The van der Waals surface area contributed by atoms with E-state index in [1.807, 2.05) is 0 Å². The van der Waals surface area contributed by atoms with Crippen LogP contribution in [0.15, 0.2) is 4.73 Å². The Morgan fingerprint density at radius 2 is 2.22 bits per heavy atom. The van der Waals surface area contributed by atoms with Crippen LogP contribution in [0.25, 0.3) is 0 Å². The number of aromatic nitrogens is 2. The van der Waals surface area contributed by atoms with E-state index in [2.05, 4.69) is 20.9 Å². The third-order valence-electron chi connectivity index (χ3n) is 2.57. The zero-order valence-corrected chi connectivity index (χ0v) is 10.5. The van der Waals surface area contributed by atoms with Crippen LogP contribution in [-0.2, 0) is 17.5 Å². The first-order valence-electron chi connectivity index (χ1n) is 4.99. The monoisotopic (exact) mass is 328 g/mol. The third-order valence-corrected chi connectivity index (χ3v) is 3.18. The van der Waals surface area contributed by atoms with Crippen LogP contribution in [0.4, 0.5) is 13.2 Å². The Hall–Kier alpha value is -1.09. The van der Waals surface area contributed by atoms with Gasteiger partial charge in [-0.2, -0.15) is 13.2 Å². The van der Waals surface area contributed by atoms with E-state index in [1.54, 1.807) is 0 Å². The van der Waals surface area contributed by atoms with Gasteiger partial charge in [0, 0.05) is 6.61 Å². The molecular weight excluding hydrogens is 321 g/mol. The number of carboxylic acid groups (broad SMARTS) is 1. The number of ether oxygens (including phenoxy) is 1. The predicted molar refractivity (Wildman–Crippen MR) is 56.2 cm³/mol. The molecule has 0 spiro atoms. The number of imidazole rings is 1. The highest BCUT2D eigenvalue weighted by molar-refractivity contribution is 9.10. The molecule has 1 aromatic heterocycles. The number of hydrogen-bond acceptors (Lipinski definition) is 3. The van der Waals surface area contributed by atoms with Crippen molar-refractivity contribution in [3.05, 3.63) is 16.1 Å². The second-order valence-electron chi connectivity index (χ2n) is 3.77. The molecule has 1 aromatic rings. The van der Waals surface area contributed by atoms with Crippen LogP contribution in [0.3, 0.4) is 0 Å². The van der Waals surface area contributed by atoms with Crippen molar-refractivity contribution >= 4 is 21.9 Å². The van der Waals surface area contributed by atoms with E-state index < -0.39 is 23.5 Å². The van der Waals surface area contributed by atoms with Gasteiger partial charge in [-0.05, 0) is 22.4 Å². The lowest BCUT2D eigenvalue weighted by atomic mass is 10.2. The van der Waals surface area contributed by atoms with Crippen molar-refractivity contribution < 1.29 is 27.8 Å². The summed E-state index contributed by atoms with van der Waals surface area (Å²) in [6.45, 7) is 0.566. The number of carboxylic acids is 1. The van der Waals surface area contributed by atoms with Gasteiger partial charge in [0.1, 0.15) is 0 Å². The normalized spacial score (nSPS) is 19.7. The average molecular weight is 329 g/mol. The lowest BCUT2D eigenvalue weighted by molar-refractivity contribution is -0.141. The molecule has 1 aliphatic rings. The molecule has 1 N–H and O–H groups in total. The summed E-state index contributed by atoms with van der Waals surface area (Å²) in [5.74, 6) is -1.67. The molecule has 5 nitrogen and oxygen atoms in total. The van der Waals surface area contributed by atoms with Crippen LogP contribution in [0.5, 0.6) is 0 Å². The van der Waals surface area contributed by atoms with Crippen LogP contribution in [0, 0.1) is 0 Å². The number of carbonyl (C=O) groups is 1. The Labute approximate surface area is 108 Å². The largest absolute Gasteiger partial charge is 0.477 e. The molecule has 1 atom stereocenters. The van der Waals surface area contributed by atoms with Gasteiger partial charge in [0.05, 0.1) is 12.6 Å². The molecule has 0 aliphatic carbocycles. The molecule has 2 rings (SSSR count). The van der Waals surface area contributed by atoms with Gasteiger partial charge < -0.3 is 14.4 Å². The Morgan fingerprint density at radius 3 is 2.61 bits per heavy atom. The summed E-state index contributed by atoms with van der Waals surface area (Å²) in [6, 6.07) is 0. The number of halogens is 4. The van der Waals surface area contributed by atoms with E-state index >= 15 is 0 Å². The number of aromatic carboxylic acids is 1. The van der Waals surface area contributed by atoms with Crippen molar-refractivity contribution in [2.24, 2.45) is 0 Å². The summed E-state index contributed by atoms with van der Waals surface area (Å²) in [7, 11) is 0. The molecule has 1 fully saturated rings. The van der Waals surface area contributed by atoms with Gasteiger partial charge in [0.15, 0.2) is 16.1 Å². The topological polar surface area (TPSA) is 64.3 Å². The summed E-state index contributed by atoms with van der Waals surface area (Å²) < 4.78 is 43.8. The predicted octanol–water partition coefficient (Wildman–Crippen LogP) is 2.15. The smallest absolute Gasteiger partial charge is 0.435 e. The van der Waals surface area contributed by atoms with E-state index in [0.717, 1.165) is 4.57 Å². The van der Waals surface area contributed by atoms with Crippen LogP contribution >= 0.6 is 15.9 Å². The van der Waals surface area contributed by atoms with E-state index in [4.69, 9.17) is 9.84 Å². The van der Waals surface area contributed by atoms with E-state index in [-0.39, 0.29) is 17.4 Å². The number of hydrogen-bond donors (Lipinski definition) is 1. The molecule has 0 amide bonds. The molecule has 9 heteroatoms. The second-order valence-corrected chi connectivity index (χ2v) is 4.48. The minimum Gasteiger partial charge on any atom is -0.477 e. The standard InChI is InChI=1S/C9H8BrF3N2O3/c10-8-14-6(9(11,12)13)5(7(16)17)15(8)3-4-1-2-18-4/h4H,1-3H2,(H,16,17). The van der Waals surface area contributed by atoms with Gasteiger partial charge in [-0.1, -0.05) is 0 Å². The van der Waals surface area contributed by atoms with E-state index in [1.165, 1.54) is 0 Å². The fourth-order valence-electron chi connectivity index (χ4n) is 1.64. The fraction of sp³-hybridized carbons (Fsp3) is 0.556. The zero-order valence-electron chi connectivity index (χ0n) is 8.87. The minimum absolute atomic E-state index is 0.0330. The van der Waals surface area contributed by atoms with Gasteiger partial charge >= 0.3 is 12.1 Å². The average Bonchev–Trinajstić information content (AvgIpc) is 2.49. The Morgan fingerprint density at radius 1 is 1.61 bits per heavy atom. The van der Waals surface area contributed by atoms with Crippen molar-refractivity contribution in [1.82, 2.24) is 9.55 Å². The summed E-state index contributed by atoms with van der Waals surface area (Å²) in [6.07, 6.45) is -4.39. The minimum atomic E-state index is -4.80. The van der Waals surface area contributed by atoms with Gasteiger partial charge in [-0.15, -0.1) is 0 Å².